The summed E-state index contributed by atoms with van der Waals surface area (Å²) in [6.45, 7) is 3.04. The van der Waals surface area contributed by atoms with Gasteiger partial charge in [0.15, 0.2) is 0 Å². The highest BCUT2D eigenvalue weighted by Crippen LogP contribution is 2.22. The van der Waals surface area contributed by atoms with Crippen LogP contribution in [0.25, 0.3) is 0 Å². The molecule has 0 saturated carbocycles. The van der Waals surface area contributed by atoms with Crippen molar-refractivity contribution in [3.8, 4) is 0 Å². The first-order valence-electron chi connectivity index (χ1n) is 10.7. The summed E-state index contributed by atoms with van der Waals surface area (Å²) >= 11 is 0. The average Bonchev–Trinajstić information content (AvgIpc) is 3.22. The second kappa shape index (κ2) is 9.21. The number of aryl methyl sites for hydroxylation is 3. The molecule has 0 atom stereocenters. The number of hydrogen-bond acceptors (Lipinski definition) is 5. The Kier molecular flexibility index (Phi) is 6.20. The van der Waals surface area contributed by atoms with Gasteiger partial charge in [-0.15, -0.1) is 0 Å². The fourth-order valence-corrected chi connectivity index (χ4v) is 4.10. The standard InChI is InChI=1S/C24H26N4O4/c1-16-12-19(32-26-16)13-21(29)27-11-9-20-18(14-27)15-28(24(31)22(20)23(30)25-2)10-8-17-6-4-3-5-7-17/h3-7,12,15H,8-11,13-14H2,1-2H3,(H,25,30). The molecular weight excluding hydrogens is 408 g/mol. The molecule has 1 N–H and O–H groups in total. The number of pyridine rings is 1. The molecule has 32 heavy (non-hydrogen) atoms. The number of fused-ring (bicyclic) bond motifs is 1. The molecule has 166 valence electrons. The Labute approximate surface area is 185 Å². The number of amides is 2. The van der Waals surface area contributed by atoms with Crippen molar-refractivity contribution in [3.05, 3.63) is 86.7 Å². The van der Waals surface area contributed by atoms with Crippen molar-refractivity contribution in [2.24, 2.45) is 0 Å². The summed E-state index contributed by atoms with van der Waals surface area (Å²) < 4.78 is 6.76. The first kappa shape index (κ1) is 21.5. The van der Waals surface area contributed by atoms with Gasteiger partial charge in [0.25, 0.3) is 11.5 Å². The Morgan fingerprint density at radius 3 is 2.69 bits per heavy atom. The monoisotopic (exact) mass is 434 g/mol. The Bertz CT molecular complexity index is 1200. The molecule has 1 aromatic carbocycles. The van der Waals surface area contributed by atoms with Gasteiger partial charge in [-0.25, -0.2) is 0 Å². The number of rotatable bonds is 6. The zero-order chi connectivity index (χ0) is 22.7. The van der Waals surface area contributed by atoms with Gasteiger partial charge in [0.05, 0.1) is 12.1 Å². The van der Waals surface area contributed by atoms with E-state index < -0.39 is 5.91 Å². The van der Waals surface area contributed by atoms with E-state index in [0.29, 0.717) is 38.2 Å². The summed E-state index contributed by atoms with van der Waals surface area (Å²) in [4.78, 5) is 40.2. The molecule has 2 amide bonds. The SMILES string of the molecule is CNC(=O)c1c2c(cn(CCc3ccccc3)c1=O)CN(C(=O)Cc1cc(C)no1)CC2. The molecule has 0 radical (unpaired) electrons. The van der Waals surface area contributed by atoms with E-state index in [2.05, 4.69) is 10.5 Å². The molecule has 0 bridgehead atoms. The summed E-state index contributed by atoms with van der Waals surface area (Å²) in [6.07, 6.45) is 3.05. The van der Waals surface area contributed by atoms with Gasteiger partial charge in [0.1, 0.15) is 11.3 Å². The second-order valence-electron chi connectivity index (χ2n) is 8.00. The van der Waals surface area contributed by atoms with Gasteiger partial charge in [-0.05, 0) is 36.5 Å². The first-order valence-corrected chi connectivity index (χ1v) is 10.7. The van der Waals surface area contributed by atoms with Crippen molar-refractivity contribution in [2.45, 2.75) is 39.3 Å². The van der Waals surface area contributed by atoms with E-state index in [1.165, 1.54) is 7.05 Å². The van der Waals surface area contributed by atoms with Crippen LogP contribution in [-0.2, 0) is 37.1 Å². The van der Waals surface area contributed by atoms with Crippen LogP contribution >= 0.6 is 0 Å². The first-order chi connectivity index (χ1) is 15.5. The summed E-state index contributed by atoms with van der Waals surface area (Å²) in [5.74, 6) is 0.0599. The molecule has 0 unspecified atom stereocenters. The van der Waals surface area contributed by atoms with Gasteiger partial charge in [0.2, 0.25) is 5.91 Å². The summed E-state index contributed by atoms with van der Waals surface area (Å²) in [5, 5.41) is 6.42. The lowest BCUT2D eigenvalue weighted by atomic mass is 9.95. The quantitative estimate of drug-likeness (QED) is 0.639. The Morgan fingerprint density at radius 1 is 1.22 bits per heavy atom. The summed E-state index contributed by atoms with van der Waals surface area (Å²) in [7, 11) is 1.52. The van der Waals surface area contributed by atoms with Crippen molar-refractivity contribution in [3.63, 3.8) is 0 Å². The minimum Gasteiger partial charge on any atom is -0.361 e. The van der Waals surface area contributed by atoms with Crippen LogP contribution in [0.1, 0.15) is 38.5 Å². The molecule has 8 nitrogen and oxygen atoms in total. The maximum atomic E-state index is 13.1. The van der Waals surface area contributed by atoms with Gasteiger partial charge in [0, 0.05) is 38.9 Å². The third-order valence-corrected chi connectivity index (χ3v) is 5.76. The highest BCUT2D eigenvalue weighted by atomic mass is 16.5. The molecule has 2 aromatic heterocycles. The third kappa shape index (κ3) is 4.49. The molecule has 0 saturated heterocycles. The summed E-state index contributed by atoms with van der Waals surface area (Å²) in [6, 6.07) is 11.6. The molecule has 0 spiro atoms. The van der Waals surface area contributed by atoms with Crippen molar-refractivity contribution in [1.29, 1.82) is 0 Å². The number of carbonyl (C=O) groups excluding carboxylic acids is 2. The molecule has 0 fully saturated rings. The number of carbonyl (C=O) groups is 2. The normalized spacial score (nSPS) is 13.0. The fraction of sp³-hybridized carbons (Fsp3) is 0.333. The van der Waals surface area contributed by atoms with E-state index >= 15 is 0 Å². The molecule has 8 heteroatoms. The fourth-order valence-electron chi connectivity index (χ4n) is 4.10. The van der Waals surface area contributed by atoms with Crippen LogP contribution < -0.4 is 10.9 Å². The van der Waals surface area contributed by atoms with E-state index in [0.717, 1.165) is 22.4 Å². The van der Waals surface area contributed by atoms with Gasteiger partial charge >= 0.3 is 0 Å². The molecular formula is C24H26N4O4. The van der Waals surface area contributed by atoms with Crippen LogP contribution in [0.3, 0.4) is 0 Å². The minimum absolute atomic E-state index is 0.0738. The Hall–Kier alpha value is -3.68. The highest BCUT2D eigenvalue weighted by Gasteiger charge is 2.28. The van der Waals surface area contributed by atoms with Crippen LogP contribution in [0.5, 0.6) is 0 Å². The maximum Gasteiger partial charge on any atom is 0.263 e. The van der Waals surface area contributed by atoms with Crippen LogP contribution in [-0.4, -0.2) is 40.0 Å². The van der Waals surface area contributed by atoms with E-state index in [9.17, 15) is 14.4 Å². The molecule has 3 heterocycles. The van der Waals surface area contributed by atoms with E-state index in [1.807, 2.05) is 37.3 Å². The number of nitrogens with one attached hydrogen (secondary N) is 1. The van der Waals surface area contributed by atoms with Crippen molar-refractivity contribution in [1.82, 2.24) is 19.9 Å². The number of nitrogens with zero attached hydrogens (tertiary/aromatic N) is 3. The zero-order valence-electron chi connectivity index (χ0n) is 18.3. The highest BCUT2D eigenvalue weighted by molar-refractivity contribution is 5.95. The lowest BCUT2D eigenvalue weighted by Gasteiger charge is -2.30. The van der Waals surface area contributed by atoms with Crippen molar-refractivity contribution < 1.29 is 14.1 Å². The molecule has 1 aliphatic rings. The average molecular weight is 434 g/mol. The van der Waals surface area contributed by atoms with Crippen molar-refractivity contribution in [2.75, 3.05) is 13.6 Å². The largest absolute Gasteiger partial charge is 0.361 e. The van der Waals surface area contributed by atoms with Gasteiger partial charge in [-0.3, -0.25) is 14.4 Å². The van der Waals surface area contributed by atoms with Crippen LogP contribution in [0.15, 0.2) is 51.9 Å². The van der Waals surface area contributed by atoms with E-state index in [-0.39, 0.29) is 23.5 Å². The zero-order valence-corrected chi connectivity index (χ0v) is 18.3. The summed E-state index contributed by atoms with van der Waals surface area (Å²) in [5.41, 5.74) is 3.27. The predicted octanol–water partition coefficient (Wildman–Crippen LogP) is 1.87. The smallest absolute Gasteiger partial charge is 0.263 e. The molecule has 0 aliphatic carbocycles. The maximum absolute atomic E-state index is 13.1. The lowest BCUT2D eigenvalue weighted by molar-refractivity contribution is -0.131. The van der Waals surface area contributed by atoms with Crippen molar-refractivity contribution >= 4 is 11.8 Å². The topological polar surface area (TPSA) is 97.4 Å². The van der Waals surface area contributed by atoms with Crippen LogP contribution in [0.4, 0.5) is 0 Å². The second-order valence-corrected chi connectivity index (χ2v) is 8.00. The van der Waals surface area contributed by atoms with Gasteiger partial charge in [-0.1, -0.05) is 35.5 Å². The number of benzene rings is 1. The lowest BCUT2D eigenvalue weighted by Crippen LogP contribution is -2.41. The van der Waals surface area contributed by atoms with E-state index in [4.69, 9.17) is 4.52 Å². The number of aromatic nitrogens is 2. The van der Waals surface area contributed by atoms with Crippen LogP contribution in [0.2, 0.25) is 0 Å². The number of hydrogen-bond donors (Lipinski definition) is 1. The van der Waals surface area contributed by atoms with Crippen LogP contribution in [0, 0.1) is 6.92 Å². The van der Waals surface area contributed by atoms with Gasteiger partial charge < -0.3 is 19.3 Å². The van der Waals surface area contributed by atoms with E-state index in [1.54, 1.807) is 21.7 Å². The molecule has 4 rings (SSSR count). The molecule has 1 aliphatic heterocycles. The van der Waals surface area contributed by atoms with Gasteiger partial charge in [-0.2, -0.15) is 0 Å². The minimum atomic E-state index is -0.391. The Morgan fingerprint density at radius 2 is 2.00 bits per heavy atom. The predicted molar refractivity (Wildman–Crippen MR) is 118 cm³/mol. The third-order valence-electron chi connectivity index (χ3n) is 5.76. The Balaban J connectivity index is 1.61. The molecule has 3 aromatic rings.